The highest BCUT2D eigenvalue weighted by atomic mass is 16.3. The molecule has 1 aromatic carbocycles. The first-order valence-corrected chi connectivity index (χ1v) is 7.37. The van der Waals surface area contributed by atoms with Crippen molar-refractivity contribution in [1.29, 1.82) is 0 Å². The summed E-state index contributed by atoms with van der Waals surface area (Å²) in [6.45, 7) is 2.54. The van der Waals surface area contributed by atoms with Crippen LogP contribution in [0.1, 0.15) is 37.9 Å². The van der Waals surface area contributed by atoms with Gasteiger partial charge in [-0.15, -0.1) is 0 Å². The molecule has 2 atom stereocenters. The van der Waals surface area contributed by atoms with Crippen molar-refractivity contribution in [3.8, 4) is 0 Å². The van der Waals surface area contributed by atoms with Crippen LogP contribution in [0, 0.1) is 0 Å². The monoisotopic (exact) mass is 290 g/mol. The van der Waals surface area contributed by atoms with Crippen LogP contribution in [0.15, 0.2) is 30.3 Å². The second-order valence-corrected chi connectivity index (χ2v) is 5.38. The predicted molar refractivity (Wildman–Crippen MR) is 79.4 cm³/mol. The number of aliphatic hydroxyl groups is 1. The minimum absolute atomic E-state index is 0.0584. The Morgan fingerprint density at radius 1 is 1.38 bits per heavy atom. The van der Waals surface area contributed by atoms with E-state index in [9.17, 15) is 14.7 Å². The van der Waals surface area contributed by atoms with E-state index in [1.807, 2.05) is 30.3 Å². The molecule has 1 aliphatic heterocycles. The van der Waals surface area contributed by atoms with Crippen LogP contribution in [-0.2, 0) is 9.59 Å². The van der Waals surface area contributed by atoms with Crippen LogP contribution in [0.25, 0.3) is 0 Å². The normalized spacial score (nSPS) is 19.3. The number of aliphatic hydroxyl groups excluding tert-OH is 1. The predicted octanol–water partition coefficient (Wildman–Crippen LogP) is 1.24. The molecule has 1 heterocycles. The molecule has 5 heteroatoms. The summed E-state index contributed by atoms with van der Waals surface area (Å²) >= 11 is 0. The first-order chi connectivity index (χ1) is 10.1. The molecule has 21 heavy (non-hydrogen) atoms. The maximum absolute atomic E-state index is 12.1. The fourth-order valence-corrected chi connectivity index (χ4v) is 2.71. The Balaban J connectivity index is 1.78. The highest BCUT2D eigenvalue weighted by Gasteiger charge is 2.31. The van der Waals surface area contributed by atoms with Crippen molar-refractivity contribution in [2.75, 3.05) is 13.1 Å². The molecule has 2 N–H and O–H groups in total. The molecule has 1 aromatic rings. The lowest BCUT2D eigenvalue weighted by Crippen LogP contribution is -2.45. The van der Waals surface area contributed by atoms with Crippen molar-refractivity contribution >= 4 is 11.8 Å². The van der Waals surface area contributed by atoms with Gasteiger partial charge in [-0.3, -0.25) is 9.59 Å². The van der Waals surface area contributed by atoms with E-state index in [0.717, 1.165) is 12.0 Å². The number of amides is 2. The van der Waals surface area contributed by atoms with Gasteiger partial charge in [0, 0.05) is 20.0 Å². The molecule has 1 aliphatic rings. The Labute approximate surface area is 125 Å². The van der Waals surface area contributed by atoms with Crippen LogP contribution in [0.5, 0.6) is 0 Å². The summed E-state index contributed by atoms with van der Waals surface area (Å²) in [5, 5.41) is 12.8. The standard InChI is InChI=1S/C16H22N2O3/c1-12(19)18-11-5-8-14(18)16(21)17-10-9-15(20)13-6-3-2-4-7-13/h2-4,6-7,14-15,20H,5,8-11H2,1H3,(H,17,21). The van der Waals surface area contributed by atoms with Gasteiger partial charge in [-0.05, 0) is 24.8 Å². The van der Waals surface area contributed by atoms with Gasteiger partial charge in [0.15, 0.2) is 0 Å². The van der Waals surface area contributed by atoms with E-state index in [0.29, 0.717) is 25.9 Å². The van der Waals surface area contributed by atoms with E-state index in [2.05, 4.69) is 5.32 Å². The summed E-state index contributed by atoms with van der Waals surface area (Å²) in [5.41, 5.74) is 0.845. The van der Waals surface area contributed by atoms with Gasteiger partial charge in [-0.25, -0.2) is 0 Å². The average molecular weight is 290 g/mol. The minimum atomic E-state index is -0.584. The van der Waals surface area contributed by atoms with Crippen molar-refractivity contribution in [3.05, 3.63) is 35.9 Å². The number of benzene rings is 1. The number of hydrogen-bond donors (Lipinski definition) is 2. The molecule has 0 aromatic heterocycles. The maximum atomic E-state index is 12.1. The van der Waals surface area contributed by atoms with E-state index in [1.165, 1.54) is 6.92 Å². The topological polar surface area (TPSA) is 69.6 Å². The number of nitrogens with zero attached hydrogens (tertiary/aromatic N) is 1. The van der Waals surface area contributed by atoms with Crippen LogP contribution in [-0.4, -0.2) is 41.0 Å². The number of nitrogens with one attached hydrogen (secondary N) is 1. The zero-order valence-corrected chi connectivity index (χ0v) is 12.3. The highest BCUT2D eigenvalue weighted by molar-refractivity contribution is 5.87. The lowest BCUT2D eigenvalue weighted by atomic mass is 10.1. The molecule has 2 amide bonds. The average Bonchev–Trinajstić information content (AvgIpc) is 2.97. The molecule has 5 nitrogen and oxygen atoms in total. The zero-order chi connectivity index (χ0) is 15.2. The Morgan fingerprint density at radius 3 is 2.76 bits per heavy atom. The molecule has 2 unspecified atom stereocenters. The van der Waals surface area contributed by atoms with Crippen LogP contribution in [0.2, 0.25) is 0 Å². The van der Waals surface area contributed by atoms with E-state index in [1.54, 1.807) is 4.90 Å². The van der Waals surface area contributed by atoms with Crippen molar-refractivity contribution < 1.29 is 14.7 Å². The molecule has 0 aliphatic carbocycles. The number of rotatable bonds is 5. The highest BCUT2D eigenvalue weighted by Crippen LogP contribution is 2.18. The molecule has 1 fully saturated rings. The lowest BCUT2D eigenvalue weighted by Gasteiger charge is -2.22. The zero-order valence-electron chi connectivity index (χ0n) is 12.3. The van der Waals surface area contributed by atoms with Gasteiger partial charge in [-0.2, -0.15) is 0 Å². The maximum Gasteiger partial charge on any atom is 0.242 e. The molecular weight excluding hydrogens is 268 g/mol. The molecule has 2 rings (SSSR count). The second kappa shape index (κ2) is 7.22. The first kappa shape index (κ1) is 15.5. The summed E-state index contributed by atoms with van der Waals surface area (Å²) in [4.78, 5) is 25.1. The largest absolute Gasteiger partial charge is 0.388 e. The lowest BCUT2D eigenvalue weighted by molar-refractivity contribution is -0.136. The van der Waals surface area contributed by atoms with Gasteiger partial charge in [0.1, 0.15) is 6.04 Å². The Kier molecular flexibility index (Phi) is 5.33. The van der Waals surface area contributed by atoms with E-state index in [-0.39, 0.29) is 17.9 Å². The second-order valence-electron chi connectivity index (χ2n) is 5.38. The third kappa shape index (κ3) is 4.04. The Bertz CT molecular complexity index is 490. The van der Waals surface area contributed by atoms with Gasteiger partial charge < -0.3 is 15.3 Å². The first-order valence-electron chi connectivity index (χ1n) is 7.37. The number of carbonyl (C=O) groups excluding carboxylic acids is 2. The molecule has 1 saturated heterocycles. The quantitative estimate of drug-likeness (QED) is 0.857. The summed E-state index contributed by atoms with van der Waals surface area (Å²) in [6.07, 6.45) is 1.46. The van der Waals surface area contributed by atoms with Crippen molar-refractivity contribution in [2.24, 2.45) is 0 Å². The van der Waals surface area contributed by atoms with Gasteiger partial charge >= 0.3 is 0 Å². The van der Waals surface area contributed by atoms with E-state index < -0.39 is 6.10 Å². The SMILES string of the molecule is CC(=O)N1CCCC1C(=O)NCCC(O)c1ccccc1. The molecule has 0 spiro atoms. The summed E-state index contributed by atoms with van der Waals surface area (Å²) in [5.74, 6) is -0.181. The third-order valence-electron chi connectivity index (χ3n) is 3.86. The van der Waals surface area contributed by atoms with E-state index in [4.69, 9.17) is 0 Å². The van der Waals surface area contributed by atoms with Gasteiger partial charge in [0.25, 0.3) is 0 Å². The fraction of sp³-hybridized carbons (Fsp3) is 0.500. The summed E-state index contributed by atoms with van der Waals surface area (Å²) < 4.78 is 0. The van der Waals surface area contributed by atoms with Gasteiger partial charge in [-0.1, -0.05) is 30.3 Å². The molecule has 0 saturated carbocycles. The van der Waals surface area contributed by atoms with Gasteiger partial charge in [0.2, 0.25) is 11.8 Å². The minimum Gasteiger partial charge on any atom is -0.388 e. The molecule has 0 bridgehead atoms. The number of carbonyl (C=O) groups is 2. The van der Waals surface area contributed by atoms with E-state index >= 15 is 0 Å². The third-order valence-corrected chi connectivity index (χ3v) is 3.86. The van der Waals surface area contributed by atoms with Crippen molar-refractivity contribution in [3.63, 3.8) is 0 Å². The Hall–Kier alpha value is -1.88. The van der Waals surface area contributed by atoms with Crippen molar-refractivity contribution in [1.82, 2.24) is 10.2 Å². The van der Waals surface area contributed by atoms with Crippen LogP contribution >= 0.6 is 0 Å². The number of hydrogen-bond acceptors (Lipinski definition) is 3. The summed E-state index contributed by atoms with van der Waals surface area (Å²) in [7, 11) is 0. The smallest absolute Gasteiger partial charge is 0.242 e. The van der Waals surface area contributed by atoms with Crippen LogP contribution in [0.4, 0.5) is 0 Å². The molecule has 114 valence electrons. The molecular formula is C16H22N2O3. The fourth-order valence-electron chi connectivity index (χ4n) is 2.71. The summed E-state index contributed by atoms with van der Waals surface area (Å²) in [6, 6.07) is 9.02. The van der Waals surface area contributed by atoms with Gasteiger partial charge in [0.05, 0.1) is 6.10 Å². The number of likely N-dealkylation sites (tertiary alicyclic amines) is 1. The molecule has 0 radical (unpaired) electrons. The Morgan fingerprint density at radius 2 is 2.10 bits per heavy atom. The van der Waals surface area contributed by atoms with Crippen LogP contribution < -0.4 is 5.32 Å². The van der Waals surface area contributed by atoms with Crippen molar-refractivity contribution in [2.45, 2.75) is 38.3 Å². The van der Waals surface area contributed by atoms with Crippen LogP contribution in [0.3, 0.4) is 0 Å².